The summed E-state index contributed by atoms with van der Waals surface area (Å²) in [6, 6.07) is 7.76. The number of thiophene rings is 1. The molecule has 0 aliphatic rings. The smallest absolute Gasteiger partial charge is 0.226 e. The lowest BCUT2D eigenvalue weighted by molar-refractivity contribution is -0.121. The standard InChI is InChI=1S/C14H17N3OS.ClH/c1-10(7-13-3-2-6-19-13)17-14(18)8-12-5-4-11(15)9-16-12;/h2-6,9-10H,7-8,15H2,1H3,(H,17,18);1H. The number of nitrogen functional groups attached to an aromatic ring is 1. The third kappa shape index (κ3) is 5.19. The van der Waals surface area contributed by atoms with E-state index in [-0.39, 0.29) is 30.8 Å². The SMILES string of the molecule is CC(Cc1cccs1)NC(=O)Cc1ccc(N)cn1.Cl. The zero-order valence-electron chi connectivity index (χ0n) is 11.2. The Bertz CT molecular complexity index is 528. The van der Waals surface area contributed by atoms with Crippen molar-refractivity contribution in [2.45, 2.75) is 25.8 Å². The first kappa shape index (κ1) is 16.5. The summed E-state index contributed by atoms with van der Waals surface area (Å²) in [7, 11) is 0. The van der Waals surface area contributed by atoms with Crippen molar-refractivity contribution in [3.8, 4) is 0 Å². The highest BCUT2D eigenvalue weighted by atomic mass is 35.5. The van der Waals surface area contributed by atoms with Gasteiger partial charge < -0.3 is 11.1 Å². The van der Waals surface area contributed by atoms with Gasteiger partial charge in [0.2, 0.25) is 5.91 Å². The van der Waals surface area contributed by atoms with E-state index in [0.29, 0.717) is 5.69 Å². The first-order valence-electron chi connectivity index (χ1n) is 6.15. The van der Waals surface area contributed by atoms with E-state index in [0.717, 1.165) is 12.1 Å². The Labute approximate surface area is 128 Å². The molecule has 108 valence electrons. The van der Waals surface area contributed by atoms with Gasteiger partial charge in [-0.2, -0.15) is 0 Å². The lowest BCUT2D eigenvalue weighted by Crippen LogP contribution is -2.35. The van der Waals surface area contributed by atoms with E-state index in [4.69, 9.17) is 5.73 Å². The molecule has 0 bridgehead atoms. The number of nitrogens with zero attached hydrogens (tertiary/aromatic N) is 1. The number of rotatable bonds is 5. The maximum atomic E-state index is 11.9. The maximum absolute atomic E-state index is 11.9. The number of nitrogens with one attached hydrogen (secondary N) is 1. The molecule has 4 nitrogen and oxygen atoms in total. The van der Waals surface area contributed by atoms with Crippen LogP contribution in [-0.2, 0) is 17.6 Å². The van der Waals surface area contributed by atoms with Crippen LogP contribution in [0, 0.1) is 0 Å². The van der Waals surface area contributed by atoms with Gasteiger partial charge in [-0.3, -0.25) is 9.78 Å². The molecule has 0 fully saturated rings. The normalized spacial score (nSPS) is 11.4. The quantitative estimate of drug-likeness (QED) is 0.891. The van der Waals surface area contributed by atoms with Crippen LogP contribution in [0.1, 0.15) is 17.5 Å². The van der Waals surface area contributed by atoms with Crippen molar-refractivity contribution in [2.75, 3.05) is 5.73 Å². The summed E-state index contributed by atoms with van der Waals surface area (Å²) < 4.78 is 0. The second-order valence-electron chi connectivity index (χ2n) is 4.51. The van der Waals surface area contributed by atoms with E-state index in [2.05, 4.69) is 16.4 Å². The highest BCUT2D eigenvalue weighted by Gasteiger charge is 2.10. The van der Waals surface area contributed by atoms with Gasteiger partial charge in [-0.05, 0) is 30.5 Å². The Morgan fingerprint density at radius 1 is 1.45 bits per heavy atom. The van der Waals surface area contributed by atoms with E-state index in [9.17, 15) is 4.79 Å². The molecule has 2 aromatic heterocycles. The van der Waals surface area contributed by atoms with Crippen LogP contribution < -0.4 is 11.1 Å². The molecule has 0 saturated heterocycles. The summed E-state index contributed by atoms with van der Waals surface area (Å²) in [6.07, 6.45) is 2.71. The van der Waals surface area contributed by atoms with E-state index in [1.807, 2.05) is 18.4 Å². The maximum Gasteiger partial charge on any atom is 0.226 e. The van der Waals surface area contributed by atoms with Gasteiger partial charge in [0.1, 0.15) is 0 Å². The molecule has 6 heteroatoms. The van der Waals surface area contributed by atoms with Crippen LogP contribution in [0.5, 0.6) is 0 Å². The lowest BCUT2D eigenvalue weighted by atomic mass is 10.2. The second kappa shape index (κ2) is 7.87. The number of hydrogen-bond donors (Lipinski definition) is 2. The van der Waals surface area contributed by atoms with Gasteiger partial charge in [-0.1, -0.05) is 6.07 Å². The minimum atomic E-state index is -0.0127. The third-order valence-electron chi connectivity index (χ3n) is 2.68. The number of aromatic nitrogens is 1. The predicted molar refractivity (Wildman–Crippen MR) is 85.2 cm³/mol. The van der Waals surface area contributed by atoms with Crippen LogP contribution >= 0.6 is 23.7 Å². The van der Waals surface area contributed by atoms with Gasteiger partial charge in [-0.15, -0.1) is 23.7 Å². The zero-order chi connectivity index (χ0) is 13.7. The summed E-state index contributed by atoms with van der Waals surface area (Å²) in [4.78, 5) is 17.3. The molecule has 0 aliphatic heterocycles. The lowest BCUT2D eigenvalue weighted by Gasteiger charge is -2.12. The molecule has 20 heavy (non-hydrogen) atoms. The Morgan fingerprint density at radius 2 is 2.25 bits per heavy atom. The zero-order valence-corrected chi connectivity index (χ0v) is 12.8. The van der Waals surface area contributed by atoms with Crippen LogP contribution in [-0.4, -0.2) is 16.9 Å². The molecule has 2 aromatic rings. The number of anilines is 1. The summed E-state index contributed by atoms with van der Waals surface area (Å²) in [5.74, 6) is -0.0127. The summed E-state index contributed by atoms with van der Waals surface area (Å²) in [6.45, 7) is 2.01. The molecular formula is C14H18ClN3OS. The largest absolute Gasteiger partial charge is 0.397 e. The van der Waals surface area contributed by atoms with Crippen molar-refractivity contribution in [1.29, 1.82) is 0 Å². The van der Waals surface area contributed by atoms with Crippen LogP contribution in [0.15, 0.2) is 35.8 Å². The molecule has 0 spiro atoms. The average Bonchev–Trinajstić information content (AvgIpc) is 2.84. The number of pyridine rings is 1. The summed E-state index contributed by atoms with van der Waals surface area (Å²) in [5, 5.41) is 5.02. The number of carbonyl (C=O) groups excluding carboxylic acids is 1. The molecule has 3 N–H and O–H groups in total. The van der Waals surface area contributed by atoms with Crippen molar-refractivity contribution in [3.05, 3.63) is 46.4 Å². The molecule has 2 heterocycles. The van der Waals surface area contributed by atoms with Crippen LogP contribution in [0.3, 0.4) is 0 Å². The third-order valence-corrected chi connectivity index (χ3v) is 3.58. The predicted octanol–water partition coefficient (Wildman–Crippen LogP) is 2.44. The Morgan fingerprint density at radius 3 is 2.85 bits per heavy atom. The van der Waals surface area contributed by atoms with Gasteiger partial charge in [0.15, 0.2) is 0 Å². The highest BCUT2D eigenvalue weighted by molar-refractivity contribution is 7.09. The number of amides is 1. The van der Waals surface area contributed by atoms with Gasteiger partial charge in [-0.25, -0.2) is 0 Å². The fourth-order valence-electron chi connectivity index (χ4n) is 1.81. The Balaban J connectivity index is 0.00000200. The topological polar surface area (TPSA) is 68.0 Å². The van der Waals surface area contributed by atoms with E-state index >= 15 is 0 Å². The Kier molecular flexibility index (Phi) is 6.48. The van der Waals surface area contributed by atoms with Crippen molar-refractivity contribution in [2.24, 2.45) is 0 Å². The van der Waals surface area contributed by atoms with Gasteiger partial charge in [0.25, 0.3) is 0 Å². The molecular weight excluding hydrogens is 294 g/mol. The highest BCUT2D eigenvalue weighted by Crippen LogP contribution is 2.11. The summed E-state index contributed by atoms with van der Waals surface area (Å²) in [5.41, 5.74) is 6.89. The van der Waals surface area contributed by atoms with Crippen LogP contribution in [0.2, 0.25) is 0 Å². The Hall–Kier alpha value is -1.59. The number of hydrogen-bond acceptors (Lipinski definition) is 4. The van der Waals surface area contributed by atoms with Gasteiger partial charge in [0.05, 0.1) is 18.3 Å². The van der Waals surface area contributed by atoms with Gasteiger partial charge >= 0.3 is 0 Å². The van der Waals surface area contributed by atoms with Gasteiger partial charge in [0, 0.05) is 23.0 Å². The number of halogens is 1. The summed E-state index contributed by atoms with van der Waals surface area (Å²) >= 11 is 1.71. The molecule has 0 aliphatic carbocycles. The van der Waals surface area contributed by atoms with Crippen LogP contribution in [0.4, 0.5) is 5.69 Å². The average molecular weight is 312 g/mol. The van der Waals surface area contributed by atoms with Crippen LogP contribution in [0.25, 0.3) is 0 Å². The van der Waals surface area contributed by atoms with Crippen molar-refractivity contribution in [1.82, 2.24) is 10.3 Å². The monoisotopic (exact) mass is 311 g/mol. The second-order valence-corrected chi connectivity index (χ2v) is 5.54. The molecule has 2 rings (SSSR count). The first-order chi connectivity index (χ1) is 9.13. The molecule has 0 radical (unpaired) electrons. The fourth-order valence-corrected chi connectivity index (χ4v) is 2.65. The molecule has 1 atom stereocenters. The molecule has 0 saturated carbocycles. The van der Waals surface area contributed by atoms with Crippen molar-refractivity contribution < 1.29 is 4.79 Å². The van der Waals surface area contributed by atoms with E-state index < -0.39 is 0 Å². The van der Waals surface area contributed by atoms with Crippen molar-refractivity contribution >= 4 is 35.3 Å². The first-order valence-corrected chi connectivity index (χ1v) is 7.03. The molecule has 0 aromatic carbocycles. The fraction of sp³-hybridized carbons (Fsp3) is 0.286. The number of carbonyl (C=O) groups is 1. The minimum absolute atomic E-state index is 0. The minimum Gasteiger partial charge on any atom is -0.397 e. The van der Waals surface area contributed by atoms with E-state index in [1.54, 1.807) is 29.7 Å². The molecule has 1 unspecified atom stereocenters. The molecule has 1 amide bonds. The van der Waals surface area contributed by atoms with Crippen molar-refractivity contribution in [3.63, 3.8) is 0 Å². The number of nitrogens with two attached hydrogens (primary N) is 1. The van der Waals surface area contributed by atoms with E-state index in [1.165, 1.54) is 4.88 Å².